The van der Waals surface area contributed by atoms with Crippen molar-refractivity contribution in [1.29, 1.82) is 0 Å². The maximum Gasteiger partial charge on any atom is 0.331 e. The van der Waals surface area contributed by atoms with Crippen molar-refractivity contribution in [3.05, 3.63) is 94.5 Å². The highest BCUT2D eigenvalue weighted by Gasteiger charge is 2.54. The van der Waals surface area contributed by atoms with Crippen LogP contribution in [0, 0.1) is 0 Å². The quantitative estimate of drug-likeness (QED) is 0.453. The Morgan fingerprint density at radius 1 is 1.00 bits per heavy atom. The number of halogens is 1. The van der Waals surface area contributed by atoms with Crippen LogP contribution in [-0.2, 0) is 21.4 Å². The van der Waals surface area contributed by atoms with Crippen LogP contribution in [0.1, 0.15) is 48.3 Å². The zero-order valence-electron chi connectivity index (χ0n) is 18.7. The van der Waals surface area contributed by atoms with E-state index in [9.17, 15) is 9.90 Å². The van der Waals surface area contributed by atoms with Crippen LogP contribution in [0.3, 0.4) is 0 Å². The first-order valence-electron chi connectivity index (χ1n) is 11.5. The Kier molecular flexibility index (Phi) is 5.57. The number of carbonyl (C=O) groups excluding carboxylic acids is 1. The van der Waals surface area contributed by atoms with Crippen LogP contribution in [-0.4, -0.2) is 23.7 Å². The minimum absolute atomic E-state index is 0.0545. The van der Waals surface area contributed by atoms with Gasteiger partial charge in [0, 0.05) is 16.1 Å². The molecule has 0 aliphatic heterocycles. The molecule has 1 spiro atoms. The second-order valence-corrected chi connectivity index (χ2v) is 9.81. The maximum atomic E-state index is 13.1. The number of esters is 1. The summed E-state index contributed by atoms with van der Waals surface area (Å²) < 4.78 is 5.28. The molecular weight excluding hydrogens is 434 g/mol. The Hall–Kier alpha value is -2.98. The van der Waals surface area contributed by atoms with E-state index in [0.29, 0.717) is 23.8 Å². The molecule has 0 heterocycles. The molecule has 0 amide bonds. The van der Waals surface area contributed by atoms with Gasteiger partial charge < -0.3 is 15.2 Å². The number of hydrogen-bond acceptors (Lipinski definition) is 4. The van der Waals surface area contributed by atoms with E-state index in [2.05, 4.69) is 29.6 Å². The van der Waals surface area contributed by atoms with Crippen LogP contribution in [0.2, 0.25) is 5.02 Å². The molecule has 5 rings (SSSR count). The van der Waals surface area contributed by atoms with Gasteiger partial charge in [0.25, 0.3) is 0 Å². The van der Waals surface area contributed by atoms with E-state index in [1.807, 2.05) is 36.4 Å². The topological polar surface area (TPSA) is 58.6 Å². The Labute approximate surface area is 199 Å². The van der Waals surface area contributed by atoms with Gasteiger partial charge in [-0.3, -0.25) is 0 Å². The lowest BCUT2D eigenvalue weighted by atomic mass is 9.59. The molecule has 1 unspecified atom stereocenters. The van der Waals surface area contributed by atoms with Crippen molar-refractivity contribution in [3.8, 4) is 5.75 Å². The first kappa shape index (κ1) is 21.8. The van der Waals surface area contributed by atoms with Gasteiger partial charge in [-0.2, -0.15) is 0 Å². The highest BCUT2D eigenvalue weighted by atomic mass is 35.5. The predicted octanol–water partition coefficient (Wildman–Crippen LogP) is 6.22. The normalized spacial score (nSPS) is 26.1. The van der Waals surface area contributed by atoms with E-state index >= 15 is 0 Å². The van der Waals surface area contributed by atoms with E-state index in [1.54, 1.807) is 12.1 Å². The van der Waals surface area contributed by atoms with Crippen LogP contribution in [0.4, 0.5) is 5.69 Å². The first-order valence-corrected chi connectivity index (χ1v) is 11.8. The molecule has 1 atom stereocenters. The number of nitrogens with one attached hydrogen (secondary N) is 1. The molecule has 1 fully saturated rings. The van der Waals surface area contributed by atoms with Gasteiger partial charge in [0.15, 0.2) is 0 Å². The number of rotatable bonds is 4. The number of ether oxygens (including phenoxy) is 1. The number of phenols is 1. The van der Waals surface area contributed by atoms with Crippen molar-refractivity contribution in [2.75, 3.05) is 12.4 Å². The lowest BCUT2D eigenvalue weighted by Gasteiger charge is -2.47. The van der Waals surface area contributed by atoms with Crippen LogP contribution in [0.15, 0.2) is 72.8 Å². The summed E-state index contributed by atoms with van der Waals surface area (Å²) in [5.41, 5.74) is 3.99. The summed E-state index contributed by atoms with van der Waals surface area (Å²) in [6.45, 7) is 0. The van der Waals surface area contributed by atoms with Crippen LogP contribution in [0.5, 0.6) is 5.75 Å². The summed E-state index contributed by atoms with van der Waals surface area (Å²) >= 11 is 6.20. The van der Waals surface area contributed by atoms with Crippen molar-refractivity contribution < 1.29 is 14.6 Å². The third-order valence-corrected chi connectivity index (χ3v) is 7.96. The van der Waals surface area contributed by atoms with Gasteiger partial charge in [0.1, 0.15) is 11.3 Å². The fourth-order valence-electron chi connectivity index (χ4n) is 6.09. The Morgan fingerprint density at radius 2 is 1.73 bits per heavy atom. The minimum Gasteiger partial charge on any atom is -0.508 e. The molecule has 3 aromatic rings. The molecular formula is C28H28ClNO3. The fourth-order valence-corrected chi connectivity index (χ4v) is 6.28. The van der Waals surface area contributed by atoms with Gasteiger partial charge in [-0.05, 0) is 85.0 Å². The number of hydrogen-bond donors (Lipinski definition) is 2. The SMILES string of the molecule is COC(=O)C1(Nc2cccc(Cl)c2)CCC2(CC1)c1ccccc1CC2c1ccc(O)cc1. The number of methoxy groups -OCH3 is 1. The molecule has 0 bridgehead atoms. The average Bonchev–Trinajstić information content (AvgIpc) is 3.15. The molecule has 3 aromatic carbocycles. The van der Waals surface area contributed by atoms with Gasteiger partial charge in [0.2, 0.25) is 0 Å². The van der Waals surface area contributed by atoms with Gasteiger partial charge in [-0.1, -0.05) is 54.1 Å². The molecule has 5 heteroatoms. The maximum absolute atomic E-state index is 13.1. The Bertz CT molecular complexity index is 1170. The van der Waals surface area contributed by atoms with Gasteiger partial charge in [-0.25, -0.2) is 4.79 Å². The lowest BCUT2D eigenvalue weighted by molar-refractivity contribution is -0.147. The van der Waals surface area contributed by atoms with Crippen molar-refractivity contribution in [2.45, 2.75) is 49.0 Å². The van der Waals surface area contributed by atoms with E-state index in [4.69, 9.17) is 16.3 Å². The number of anilines is 1. The summed E-state index contributed by atoms with van der Waals surface area (Å²) in [7, 11) is 1.46. The summed E-state index contributed by atoms with van der Waals surface area (Å²) in [6, 6.07) is 23.8. The van der Waals surface area contributed by atoms with Gasteiger partial charge in [-0.15, -0.1) is 0 Å². The Morgan fingerprint density at radius 3 is 2.42 bits per heavy atom. The smallest absolute Gasteiger partial charge is 0.331 e. The van der Waals surface area contributed by atoms with E-state index in [0.717, 1.165) is 24.9 Å². The Balaban J connectivity index is 1.51. The lowest BCUT2D eigenvalue weighted by Crippen LogP contribution is -2.53. The number of aromatic hydroxyl groups is 1. The molecule has 0 radical (unpaired) electrons. The highest BCUT2D eigenvalue weighted by Crippen LogP contribution is 2.58. The highest BCUT2D eigenvalue weighted by molar-refractivity contribution is 6.30. The molecule has 0 aromatic heterocycles. The van der Waals surface area contributed by atoms with Gasteiger partial charge in [0.05, 0.1) is 7.11 Å². The van der Waals surface area contributed by atoms with Crippen molar-refractivity contribution in [1.82, 2.24) is 0 Å². The van der Waals surface area contributed by atoms with E-state index in [-0.39, 0.29) is 17.1 Å². The third-order valence-electron chi connectivity index (χ3n) is 7.72. The first-order chi connectivity index (χ1) is 16.0. The second-order valence-electron chi connectivity index (χ2n) is 9.37. The fraction of sp³-hybridized carbons (Fsp3) is 0.321. The number of phenolic OH excluding ortho intramolecular Hbond substituents is 1. The van der Waals surface area contributed by atoms with Crippen LogP contribution >= 0.6 is 11.6 Å². The standard InChI is InChI=1S/C28H28ClNO3/c1-33-26(32)28(30-22-7-4-6-21(29)18-22)15-13-27(14-16-28)24-8-3-2-5-20(24)17-25(27)19-9-11-23(31)12-10-19/h2-12,18,25,30-31H,13-17H2,1H3. The number of fused-ring (bicyclic) bond motifs is 2. The monoisotopic (exact) mass is 461 g/mol. The van der Waals surface area contributed by atoms with Crippen LogP contribution in [0.25, 0.3) is 0 Å². The largest absolute Gasteiger partial charge is 0.508 e. The zero-order chi connectivity index (χ0) is 23.1. The molecule has 4 nitrogen and oxygen atoms in total. The molecule has 0 saturated heterocycles. The summed E-state index contributed by atoms with van der Waals surface area (Å²) in [5.74, 6) is 0.351. The predicted molar refractivity (Wildman–Crippen MR) is 131 cm³/mol. The molecule has 170 valence electrons. The molecule has 2 aliphatic rings. The van der Waals surface area contributed by atoms with Crippen molar-refractivity contribution in [3.63, 3.8) is 0 Å². The summed E-state index contributed by atoms with van der Waals surface area (Å²) in [4.78, 5) is 13.1. The second kappa shape index (κ2) is 8.42. The molecule has 2 aliphatic carbocycles. The van der Waals surface area contributed by atoms with Crippen molar-refractivity contribution >= 4 is 23.3 Å². The molecule has 33 heavy (non-hydrogen) atoms. The van der Waals surface area contributed by atoms with Crippen LogP contribution < -0.4 is 5.32 Å². The van der Waals surface area contributed by atoms with Gasteiger partial charge >= 0.3 is 5.97 Å². The number of carbonyl (C=O) groups is 1. The van der Waals surface area contributed by atoms with Crippen molar-refractivity contribution in [2.24, 2.45) is 0 Å². The molecule has 2 N–H and O–H groups in total. The zero-order valence-corrected chi connectivity index (χ0v) is 19.4. The summed E-state index contributed by atoms with van der Waals surface area (Å²) in [5, 5.41) is 13.9. The minimum atomic E-state index is -0.790. The number of benzene rings is 3. The van der Waals surface area contributed by atoms with E-state index < -0.39 is 5.54 Å². The average molecular weight is 462 g/mol. The third kappa shape index (κ3) is 3.76. The van der Waals surface area contributed by atoms with E-state index in [1.165, 1.54) is 23.8 Å². The molecule has 1 saturated carbocycles. The summed E-state index contributed by atoms with van der Waals surface area (Å²) in [6.07, 6.45) is 4.01.